The molecule has 0 N–H and O–H groups in total. The van der Waals surface area contributed by atoms with Crippen LogP contribution in [0.1, 0.15) is 33.1 Å². The van der Waals surface area contributed by atoms with Crippen LogP contribution in [0.15, 0.2) is 11.8 Å². The van der Waals surface area contributed by atoms with Crippen LogP contribution in [0.2, 0.25) is 0 Å². The van der Waals surface area contributed by atoms with Gasteiger partial charge in [-0.3, -0.25) is 4.79 Å². The molecule has 0 saturated heterocycles. The molecule has 0 heterocycles. The SMILES string of the molecule is CCC1CCC=C1OC(C)=O. The Bertz CT molecular complexity index is 182. The van der Waals surface area contributed by atoms with E-state index in [1.54, 1.807) is 0 Å². The van der Waals surface area contributed by atoms with Gasteiger partial charge in [0.25, 0.3) is 0 Å². The van der Waals surface area contributed by atoms with Gasteiger partial charge in [-0.15, -0.1) is 0 Å². The summed E-state index contributed by atoms with van der Waals surface area (Å²) in [5, 5.41) is 0. The van der Waals surface area contributed by atoms with Crippen molar-refractivity contribution in [2.75, 3.05) is 0 Å². The van der Waals surface area contributed by atoms with Gasteiger partial charge < -0.3 is 4.74 Å². The van der Waals surface area contributed by atoms with E-state index in [0.717, 1.165) is 25.0 Å². The van der Waals surface area contributed by atoms with Crippen LogP contribution in [0, 0.1) is 5.92 Å². The van der Waals surface area contributed by atoms with Crippen LogP contribution in [0.4, 0.5) is 0 Å². The highest BCUT2D eigenvalue weighted by Gasteiger charge is 2.19. The number of carbonyl (C=O) groups excluding carboxylic acids is 1. The highest BCUT2D eigenvalue weighted by atomic mass is 16.5. The van der Waals surface area contributed by atoms with Crippen LogP contribution in [-0.2, 0) is 9.53 Å². The second-order valence-corrected chi connectivity index (χ2v) is 2.88. The largest absolute Gasteiger partial charge is 0.431 e. The molecular weight excluding hydrogens is 140 g/mol. The van der Waals surface area contributed by atoms with Gasteiger partial charge in [-0.05, 0) is 25.3 Å². The van der Waals surface area contributed by atoms with Crippen LogP contribution in [0.5, 0.6) is 0 Å². The molecule has 11 heavy (non-hydrogen) atoms. The first kappa shape index (κ1) is 8.31. The first-order chi connectivity index (χ1) is 5.24. The normalized spacial score (nSPS) is 23.1. The maximum atomic E-state index is 10.6. The summed E-state index contributed by atoms with van der Waals surface area (Å²) in [4.78, 5) is 10.6. The van der Waals surface area contributed by atoms with E-state index < -0.39 is 0 Å². The minimum Gasteiger partial charge on any atom is -0.431 e. The van der Waals surface area contributed by atoms with Gasteiger partial charge in [0.15, 0.2) is 0 Å². The smallest absolute Gasteiger partial charge is 0.307 e. The Balaban J connectivity index is 2.49. The molecule has 0 fully saturated rings. The van der Waals surface area contributed by atoms with Crippen molar-refractivity contribution in [3.8, 4) is 0 Å². The lowest BCUT2D eigenvalue weighted by atomic mass is 10.1. The van der Waals surface area contributed by atoms with Gasteiger partial charge in [-0.1, -0.05) is 6.92 Å². The molecule has 0 bridgehead atoms. The van der Waals surface area contributed by atoms with Crippen LogP contribution < -0.4 is 0 Å². The Kier molecular flexibility index (Phi) is 2.69. The Morgan fingerprint density at radius 2 is 2.55 bits per heavy atom. The zero-order valence-corrected chi connectivity index (χ0v) is 7.09. The molecular formula is C9H14O2. The van der Waals surface area contributed by atoms with Gasteiger partial charge in [0.05, 0.1) is 0 Å². The standard InChI is InChI=1S/C9H14O2/c1-3-8-5-4-6-9(8)11-7(2)10/h6,8H,3-5H2,1-2H3. The quantitative estimate of drug-likeness (QED) is 0.570. The van der Waals surface area contributed by atoms with Crippen LogP contribution >= 0.6 is 0 Å². The molecule has 1 aliphatic carbocycles. The molecule has 0 aliphatic heterocycles. The van der Waals surface area contributed by atoms with E-state index in [4.69, 9.17) is 4.74 Å². The Labute approximate surface area is 67.2 Å². The fraction of sp³-hybridized carbons (Fsp3) is 0.667. The minimum atomic E-state index is -0.198. The lowest BCUT2D eigenvalue weighted by Crippen LogP contribution is -2.05. The van der Waals surface area contributed by atoms with Gasteiger partial charge in [-0.2, -0.15) is 0 Å². The lowest BCUT2D eigenvalue weighted by Gasteiger charge is -2.10. The van der Waals surface area contributed by atoms with Crippen molar-refractivity contribution >= 4 is 5.97 Å². The highest BCUT2D eigenvalue weighted by Crippen LogP contribution is 2.28. The average Bonchev–Trinajstić information content (AvgIpc) is 2.34. The Morgan fingerprint density at radius 3 is 3.09 bits per heavy atom. The summed E-state index contributed by atoms with van der Waals surface area (Å²) < 4.78 is 5.04. The molecule has 1 atom stereocenters. The van der Waals surface area contributed by atoms with Crippen molar-refractivity contribution in [3.63, 3.8) is 0 Å². The second kappa shape index (κ2) is 3.56. The van der Waals surface area contributed by atoms with Crippen molar-refractivity contribution < 1.29 is 9.53 Å². The summed E-state index contributed by atoms with van der Waals surface area (Å²) in [5.41, 5.74) is 0. The highest BCUT2D eigenvalue weighted by molar-refractivity contribution is 5.67. The van der Waals surface area contributed by atoms with Crippen LogP contribution in [0.25, 0.3) is 0 Å². The number of hydrogen-bond donors (Lipinski definition) is 0. The molecule has 2 nitrogen and oxygen atoms in total. The zero-order chi connectivity index (χ0) is 8.27. The number of rotatable bonds is 2. The van der Waals surface area contributed by atoms with E-state index in [1.165, 1.54) is 6.92 Å². The van der Waals surface area contributed by atoms with E-state index in [9.17, 15) is 4.79 Å². The molecule has 0 aromatic rings. The third-order valence-corrected chi connectivity index (χ3v) is 2.02. The Morgan fingerprint density at radius 1 is 1.82 bits per heavy atom. The van der Waals surface area contributed by atoms with Gasteiger partial charge in [0.2, 0.25) is 0 Å². The van der Waals surface area contributed by atoms with Crippen molar-refractivity contribution in [1.82, 2.24) is 0 Å². The zero-order valence-electron chi connectivity index (χ0n) is 7.09. The fourth-order valence-corrected chi connectivity index (χ4v) is 1.43. The second-order valence-electron chi connectivity index (χ2n) is 2.88. The third kappa shape index (κ3) is 2.07. The van der Waals surface area contributed by atoms with E-state index in [2.05, 4.69) is 6.92 Å². The molecule has 0 saturated carbocycles. The first-order valence-corrected chi connectivity index (χ1v) is 4.12. The molecule has 0 radical (unpaired) electrons. The van der Waals surface area contributed by atoms with Crippen molar-refractivity contribution in [2.24, 2.45) is 5.92 Å². The van der Waals surface area contributed by atoms with Gasteiger partial charge in [-0.25, -0.2) is 0 Å². The van der Waals surface area contributed by atoms with Gasteiger partial charge in [0, 0.05) is 12.8 Å². The van der Waals surface area contributed by atoms with E-state index >= 15 is 0 Å². The summed E-state index contributed by atoms with van der Waals surface area (Å²) in [6.45, 7) is 3.57. The monoisotopic (exact) mass is 154 g/mol. The molecule has 0 spiro atoms. The number of allylic oxidation sites excluding steroid dienone is 2. The first-order valence-electron chi connectivity index (χ1n) is 4.12. The maximum absolute atomic E-state index is 10.6. The summed E-state index contributed by atoms with van der Waals surface area (Å²) in [7, 11) is 0. The van der Waals surface area contributed by atoms with E-state index in [1.807, 2.05) is 6.08 Å². The topological polar surface area (TPSA) is 26.3 Å². The predicted molar refractivity (Wildman–Crippen MR) is 42.9 cm³/mol. The maximum Gasteiger partial charge on any atom is 0.307 e. The van der Waals surface area contributed by atoms with Crippen molar-refractivity contribution in [2.45, 2.75) is 33.1 Å². The molecule has 0 aromatic carbocycles. The lowest BCUT2D eigenvalue weighted by molar-refractivity contribution is -0.137. The summed E-state index contributed by atoms with van der Waals surface area (Å²) in [6.07, 6.45) is 5.29. The molecule has 0 aromatic heterocycles. The molecule has 1 rings (SSSR count). The van der Waals surface area contributed by atoms with E-state index in [0.29, 0.717) is 5.92 Å². The molecule has 62 valence electrons. The predicted octanol–water partition coefficient (Wildman–Crippen LogP) is 2.25. The number of ether oxygens (including phenoxy) is 1. The summed E-state index contributed by atoms with van der Waals surface area (Å²) in [5.74, 6) is 1.18. The third-order valence-electron chi connectivity index (χ3n) is 2.02. The minimum absolute atomic E-state index is 0.198. The number of esters is 1. The van der Waals surface area contributed by atoms with Crippen LogP contribution in [0.3, 0.4) is 0 Å². The van der Waals surface area contributed by atoms with Gasteiger partial charge in [0.1, 0.15) is 5.76 Å². The molecule has 1 unspecified atom stereocenters. The Hall–Kier alpha value is -0.790. The van der Waals surface area contributed by atoms with Crippen molar-refractivity contribution in [1.29, 1.82) is 0 Å². The van der Waals surface area contributed by atoms with Crippen LogP contribution in [-0.4, -0.2) is 5.97 Å². The van der Waals surface area contributed by atoms with E-state index in [-0.39, 0.29) is 5.97 Å². The molecule has 1 aliphatic rings. The number of hydrogen-bond acceptors (Lipinski definition) is 2. The average molecular weight is 154 g/mol. The summed E-state index contributed by atoms with van der Waals surface area (Å²) in [6, 6.07) is 0. The van der Waals surface area contributed by atoms with Crippen molar-refractivity contribution in [3.05, 3.63) is 11.8 Å². The van der Waals surface area contributed by atoms with Gasteiger partial charge >= 0.3 is 5.97 Å². The fourth-order valence-electron chi connectivity index (χ4n) is 1.43. The molecule has 0 amide bonds. The summed E-state index contributed by atoms with van der Waals surface area (Å²) >= 11 is 0. The molecule has 2 heteroatoms. The number of carbonyl (C=O) groups is 1.